The van der Waals surface area contributed by atoms with Gasteiger partial charge in [-0.3, -0.25) is 19.4 Å². The Balaban J connectivity index is 1.53. The van der Waals surface area contributed by atoms with Crippen molar-refractivity contribution in [2.24, 2.45) is 11.8 Å². The van der Waals surface area contributed by atoms with Gasteiger partial charge < -0.3 is 18.9 Å². The first-order valence-corrected chi connectivity index (χ1v) is 10.4. The van der Waals surface area contributed by atoms with Crippen LogP contribution in [0.25, 0.3) is 0 Å². The number of esters is 2. The Morgan fingerprint density at radius 1 is 0.821 bits per heavy atom. The third kappa shape index (κ3) is 7.31. The molecular formula is C20H36N2O6. The molecule has 2 saturated heterocycles. The Morgan fingerprint density at radius 2 is 1.21 bits per heavy atom. The van der Waals surface area contributed by atoms with Crippen LogP contribution in [0.2, 0.25) is 0 Å². The van der Waals surface area contributed by atoms with Gasteiger partial charge in [-0.25, -0.2) is 0 Å². The maximum absolute atomic E-state index is 11.8. The molecule has 8 nitrogen and oxygen atoms in total. The van der Waals surface area contributed by atoms with Crippen molar-refractivity contribution in [3.8, 4) is 0 Å². The highest BCUT2D eigenvalue weighted by Gasteiger charge is 2.28. The van der Waals surface area contributed by atoms with E-state index in [2.05, 4.69) is 37.5 Å². The zero-order chi connectivity index (χ0) is 20.5. The third-order valence-corrected chi connectivity index (χ3v) is 5.01. The van der Waals surface area contributed by atoms with E-state index in [1.54, 1.807) is 0 Å². The van der Waals surface area contributed by atoms with Gasteiger partial charge in [-0.05, 0) is 11.8 Å². The molecule has 0 bridgehead atoms. The van der Waals surface area contributed by atoms with Gasteiger partial charge in [0.05, 0.1) is 26.1 Å². The first-order valence-electron chi connectivity index (χ1n) is 10.4. The van der Waals surface area contributed by atoms with Crippen molar-refractivity contribution in [3.05, 3.63) is 0 Å². The number of carbonyl (C=O) groups is 2. The lowest BCUT2D eigenvalue weighted by atomic mass is 10.2. The number of carbonyl (C=O) groups excluding carboxylic acids is 2. The van der Waals surface area contributed by atoms with E-state index in [-0.39, 0.29) is 37.2 Å². The average molecular weight is 401 g/mol. The summed E-state index contributed by atoms with van der Waals surface area (Å²) in [5.74, 6) is 0.0591. The minimum Gasteiger partial charge on any atom is -0.464 e. The molecule has 2 aliphatic rings. The Labute approximate surface area is 168 Å². The van der Waals surface area contributed by atoms with Crippen LogP contribution in [0.15, 0.2) is 0 Å². The predicted molar refractivity (Wildman–Crippen MR) is 103 cm³/mol. The predicted octanol–water partition coefficient (Wildman–Crippen LogP) is 1.48. The highest BCUT2D eigenvalue weighted by molar-refractivity contribution is 5.77. The molecular weight excluding hydrogens is 364 g/mol. The van der Waals surface area contributed by atoms with Crippen LogP contribution in [0, 0.1) is 11.8 Å². The summed E-state index contributed by atoms with van der Waals surface area (Å²) in [5.41, 5.74) is 0. The average Bonchev–Trinajstić information content (AvgIpc) is 3.29. The molecule has 0 N–H and O–H groups in total. The molecule has 8 heteroatoms. The molecule has 0 aliphatic carbocycles. The fraction of sp³-hybridized carbons (Fsp3) is 0.900. The van der Waals surface area contributed by atoms with Crippen molar-refractivity contribution in [1.29, 1.82) is 0 Å². The zero-order valence-corrected chi connectivity index (χ0v) is 17.7. The summed E-state index contributed by atoms with van der Waals surface area (Å²) in [5, 5.41) is 0. The highest BCUT2D eigenvalue weighted by atomic mass is 16.5. The smallest absolute Gasteiger partial charge is 0.306 e. The Bertz CT molecular complexity index is 455. The van der Waals surface area contributed by atoms with Gasteiger partial charge in [0.2, 0.25) is 0 Å². The van der Waals surface area contributed by atoms with E-state index in [0.29, 0.717) is 51.4 Å². The van der Waals surface area contributed by atoms with Crippen LogP contribution in [-0.4, -0.2) is 86.8 Å². The van der Waals surface area contributed by atoms with Crippen molar-refractivity contribution in [3.63, 3.8) is 0 Å². The Hall–Kier alpha value is -1.22. The van der Waals surface area contributed by atoms with Crippen LogP contribution in [0.3, 0.4) is 0 Å². The molecule has 0 saturated carbocycles. The lowest BCUT2D eigenvalue weighted by molar-refractivity contribution is -0.151. The van der Waals surface area contributed by atoms with Gasteiger partial charge in [0.15, 0.2) is 0 Å². The van der Waals surface area contributed by atoms with E-state index < -0.39 is 0 Å². The van der Waals surface area contributed by atoms with Gasteiger partial charge in [-0.15, -0.1) is 0 Å². The molecule has 0 aromatic carbocycles. The molecule has 0 radical (unpaired) electrons. The van der Waals surface area contributed by atoms with Crippen molar-refractivity contribution in [1.82, 2.24) is 9.80 Å². The third-order valence-electron chi connectivity index (χ3n) is 5.01. The summed E-state index contributed by atoms with van der Waals surface area (Å²) < 4.78 is 21.8. The number of nitrogens with zero attached hydrogens (tertiary/aromatic N) is 2. The van der Waals surface area contributed by atoms with Gasteiger partial charge in [0.25, 0.3) is 0 Å². The minimum atomic E-state index is -0.369. The van der Waals surface area contributed by atoms with Gasteiger partial charge in [0.1, 0.15) is 25.7 Å². The van der Waals surface area contributed by atoms with E-state index in [4.69, 9.17) is 18.9 Å². The monoisotopic (exact) mass is 400 g/mol. The Kier molecular flexibility index (Phi) is 9.64. The second kappa shape index (κ2) is 11.7. The van der Waals surface area contributed by atoms with Crippen LogP contribution in [0.4, 0.5) is 0 Å². The maximum Gasteiger partial charge on any atom is 0.306 e. The second-order valence-corrected chi connectivity index (χ2v) is 8.02. The molecule has 0 amide bonds. The summed E-state index contributed by atoms with van der Waals surface area (Å²) in [6.45, 7) is 13.5. The molecule has 2 fully saturated rings. The summed E-state index contributed by atoms with van der Waals surface area (Å²) >= 11 is 0. The van der Waals surface area contributed by atoms with E-state index >= 15 is 0 Å². The Morgan fingerprint density at radius 3 is 1.57 bits per heavy atom. The molecule has 0 aromatic heterocycles. The normalized spacial score (nSPS) is 23.6. The second-order valence-electron chi connectivity index (χ2n) is 8.02. The largest absolute Gasteiger partial charge is 0.464 e. The van der Waals surface area contributed by atoms with Crippen molar-refractivity contribution in [2.45, 2.75) is 53.0 Å². The van der Waals surface area contributed by atoms with Crippen LogP contribution in [-0.2, 0) is 28.5 Å². The van der Waals surface area contributed by atoms with Crippen molar-refractivity contribution in [2.75, 3.05) is 52.6 Å². The topological polar surface area (TPSA) is 77.5 Å². The lowest BCUT2D eigenvalue weighted by Gasteiger charge is -2.25. The molecule has 2 rings (SSSR count). The van der Waals surface area contributed by atoms with Crippen molar-refractivity contribution < 1.29 is 28.5 Å². The van der Waals surface area contributed by atoms with E-state index in [0.717, 1.165) is 13.1 Å². The fourth-order valence-electron chi connectivity index (χ4n) is 3.65. The van der Waals surface area contributed by atoms with Crippen molar-refractivity contribution >= 4 is 11.9 Å². The number of ether oxygens (including phenoxy) is 4. The summed E-state index contributed by atoms with van der Waals surface area (Å²) in [4.78, 5) is 28.0. The molecule has 28 heavy (non-hydrogen) atoms. The lowest BCUT2D eigenvalue weighted by Crippen LogP contribution is -2.37. The molecule has 162 valence electrons. The van der Waals surface area contributed by atoms with Gasteiger partial charge in [-0.1, -0.05) is 27.7 Å². The zero-order valence-electron chi connectivity index (χ0n) is 17.7. The quantitative estimate of drug-likeness (QED) is 0.483. The molecule has 2 atom stereocenters. The van der Waals surface area contributed by atoms with Gasteiger partial charge in [-0.2, -0.15) is 0 Å². The first kappa shape index (κ1) is 23.1. The summed E-state index contributed by atoms with van der Waals surface area (Å²) in [7, 11) is 0. The molecule has 2 unspecified atom stereocenters. The molecule has 2 heterocycles. The van der Waals surface area contributed by atoms with Crippen LogP contribution >= 0.6 is 0 Å². The summed E-state index contributed by atoms with van der Waals surface area (Å²) in [6, 6.07) is 0. The number of rotatable bonds is 11. The fourth-order valence-corrected chi connectivity index (χ4v) is 3.65. The summed E-state index contributed by atoms with van der Waals surface area (Å²) in [6.07, 6.45) is 0.268. The molecule has 2 aliphatic heterocycles. The molecule has 0 spiro atoms. The standard InChI is InChI=1S/C20H36N2O6/c1-15(2)19-21(9-13-27-19)7-11-25-17(23)5-6-18(24)26-12-8-22-10-14-28-20(22)16(3)4/h15-16,19-20H,5-14H2,1-4H3. The highest BCUT2D eigenvalue weighted by Crippen LogP contribution is 2.18. The van der Waals surface area contributed by atoms with E-state index in [1.165, 1.54) is 0 Å². The number of hydrogen-bond donors (Lipinski definition) is 0. The van der Waals surface area contributed by atoms with Crippen LogP contribution < -0.4 is 0 Å². The first-order chi connectivity index (χ1) is 13.4. The van der Waals surface area contributed by atoms with Gasteiger partial charge >= 0.3 is 11.9 Å². The van der Waals surface area contributed by atoms with E-state index in [1.807, 2.05) is 0 Å². The SMILES string of the molecule is CC(C)C1OCCN1CCOC(=O)CCC(=O)OCCN1CCOC1C(C)C. The van der Waals surface area contributed by atoms with E-state index in [9.17, 15) is 9.59 Å². The number of hydrogen-bond acceptors (Lipinski definition) is 8. The minimum absolute atomic E-state index is 0.0460. The maximum atomic E-state index is 11.8. The molecule has 0 aromatic rings. The van der Waals surface area contributed by atoms with Gasteiger partial charge in [0, 0.05) is 26.2 Å². The van der Waals surface area contributed by atoms with Crippen LogP contribution in [0.5, 0.6) is 0 Å². The van der Waals surface area contributed by atoms with Crippen LogP contribution in [0.1, 0.15) is 40.5 Å².